The van der Waals surface area contributed by atoms with Crippen molar-refractivity contribution in [1.82, 2.24) is 0 Å². The Morgan fingerprint density at radius 1 is 1.11 bits per heavy atom. The van der Waals surface area contributed by atoms with Gasteiger partial charge >= 0.3 is 0 Å². The summed E-state index contributed by atoms with van der Waals surface area (Å²) in [5.41, 5.74) is 3.93. The summed E-state index contributed by atoms with van der Waals surface area (Å²) in [6.45, 7) is 1.29. The maximum atomic E-state index is 13.9. The Balaban J connectivity index is 1.99. The van der Waals surface area contributed by atoms with Crippen LogP contribution in [-0.2, 0) is 18.0 Å². The molecule has 2 aromatic carbocycles. The lowest BCUT2D eigenvalue weighted by Gasteiger charge is -2.13. The van der Waals surface area contributed by atoms with Gasteiger partial charge in [0.1, 0.15) is 5.82 Å². The molecule has 0 fully saturated rings. The molecule has 4 heteroatoms. The highest BCUT2D eigenvalue weighted by molar-refractivity contribution is 9.09. The minimum absolute atomic E-state index is 0.211. The van der Waals surface area contributed by atoms with Crippen LogP contribution in [0.2, 0.25) is 5.02 Å². The molecule has 1 nitrogen and oxygen atoms in total. The number of benzene rings is 2. The molecule has 1 heterocycles. The monoisotopic (exact) mass is 340 g/mol. The molecule has 1 aliphatic heterocycles. The van der Waals surface area contributed by atoms with Crippen molar-refractivity contribution in [2.24, 2.45) is 0 Å². The zero-order chi connectivity index (χ0) is 13.4. The highest BCUT2D eigenvalue weighted by atomic mass is 79.9. The summed E-state index contributed by atoms with van der Waals surface area (Å²) < 4.78 is 19.3. The van der Waals surface area contributed by atoms with Crippen molar-refractivity contribution in [1.29, 1.82) is 0 Å². The quantitative estimate of drug-likeness (QED) is 0.699. The summed E-state index contributed by atoms with van der Waals surface area (Å²) in [6.07, 6.45) is 0. The van der Waals surface area contributed by atoms with Crippen LogP contribution in [0.3, 0.4) is 0 Å². The molecule has 19 heavy (non-hydrogen) atoms. The van der Waals surface area contributed by atoms with E-state index in [0.29, 0.717) is 23.8 Å². The zero-order valence-electron chi connectivity index (χ0n) is 10.00. The molecule has 1 aliphatic rings. The molecule has 98 valence electrons. The predicted molar refractivity (Wildman–Crippen MR) is 77.1 cm³/mol. The average Bonchev–Trinajstić information content (AvgIpc) is 2.88. The number of alkyl halides is 1. The van der Waals surface area contributed by atoms with Crippen molar-refractivity contribution in [3.63, 3.8) is 0 Å². The molecule has 0 spiro atoms. The van der Waals surface area contributed by atoms with Gasteiger partial charge in [0.25, 0.3) is 0 Å². The molecule has 0 radical (unpaired) electrons. The smallest absolute Gasteiger partial charge is 0.127 e. The largest absolute Gasteiger partial charge is 0.372 e. The van der Waals surface area contributed by atoms with Gasteiger partial charge in [-0.3, -0.25) is 0 Å². The van der Waals surface area contributed by atoms with Gasteiger partial charge in [-0.15, -0.1) is 0 Å². The Kier molecular flexibility index (Phi) is 3.61. The minimum atomic E-state index is -0.261. The van der Waals surface area contributed by atoms with E-state index in [9.17, 15) is 4.39 Å². The lowest BCUT2D eigenvalue weighted by atomic mass is 10.00. The fourth-order valence-electron chi connectivity index (χ4n) is 2.24. The molecule has 0 amide bonds. The van der Waals surface area contributed by atoms with Gasteiger partial charge < -0.3 is 4.74 Å². The minimum Gasteiger partial charge on any atom is -0.372 e. The van der Waals surface area contributed by atoms with Gasteiger partial charge in [-0.05, 0) is 34.9 Å². The predicted octanol–water partition coefficient (Wildman–Crippen LogP) is 4.99. The molecular formula is C15H11BrClFO. The summed E-state index contributed by atoms with van der Waals surface area (Å²) >= 11 is 9.48. The maximum absolute atomic E-state index is 13.9. The van der Waals surface area contributed by atoms with E-state index in [0.717, 1.165) is 5.56 Å². The van der Waals surface area contributed by atoms with E-state index < -0.39 is 0 Å². The summed E-state index contributed by atoms with van der Waals surface area (Å²) in [6, 6.07) is 10.7. The molecule has 0 aliphatic carbocycles. The van der Waals surface area contributed by atoms with Crippen LogP contribution >= 0.6 is 27.5 Å². The van der Waals surface area contributed by atoms with Gasteiger partial charge in [-0.2, -0.15) is 0 Å². The number of halogens is 3. The number of ether oxygens (including phenoxy) is 1. The van der Waals surface area contributed by atoms with Crippen LogP contribution < -0.4 is 0 Å². The molecule has 1 unspecified atom stereocenters. The molecule has 0 bridgehead atoms. The average molecular weight is 342 g/mol. The standard InChI is InChI=1S/C15H11BrClFO/c16-15(13-6-12(17)3-4-14(13)18)9-1-2-10-7-19-8-11(10)5-9/h1-6,15H,7-8H2. The van der Waals surface area contributed by atoms with E-state index in [2.05, 4.69) is 22.0 Å². The normalized spacial score (nSPS) is 15.3. The summed E-state index contributed by atoms with van der Waals surface area (Å²) in [5, 5.41) is 0.533. The van der Waals surface area contributed by atoms with Crippen LogP contribution in [0.5, 0.6) is 0 Å². The topological polar surface area (TPSA) is 9.23 Å². The van der Waals surface area contributed by atoms with E-state index in [-0.39, 0.29) is 10.6 Å². The van der Waals surface area contributed by atoms with E-state index in [1.165, 1.54) is 17.2 Å². The van der Waals surface area contributed by atoms with Crippen molar-refractivity contribution in [2.75, 3.05) is 0 Å². The number of fused-ring (bicyclic) bond motifs is 1. The third-order valence-electron chi connectivity index (χ3n) is 3.27. The Hall–Kier alpha value is -0.900. The van der Waals surface area contributed by atoms with Gasteiger partial charge in [-0.25, -0.2) is 4.39 Å². The van der Waals surface area contributed by atoms with Crippen molar-refractivity contribution in [3.05, 3.63) is 69.5 Å². The number of hydrogen-bond acceptors (Lipinski definition) is 1. The SMILES string of the molecule is Fc1ccc(Cl)cc1C(Br)c1ccc2c(c1)COC2. The van der Waals surface area contributed by atoms with Crippen LogP contribution in [0.4, 0.5) is 4.39 Å². The second-order valence-electron chi connectivity index (χ2n) is 4.55. The van der Waals surface area contributed by atoms with E-state index in [1.54, 1.807) is 12.1 Å². The van der Waals surface area contributed by atoms with Crippen molar-refractivity contribution < 1.29 is 9.13 Å². The molecular weight excluding hydrogens is 331 g/mol. The lowest BCUT2D eigenvalue weighted by Crippen LogP contribution is -1.98. The molecule has 0 aromatic heterocycles. The number of rotatable bonds is 2. The van der Waals surface area contributed by atoms with Gasteiger partial charge in [0.2, 0.25) is 0 Å². The third kappa shape index (κ3) is 2.55. The van der Waals surface area contributed by atoms with Crippen LogP contribution in [0.1, 0.15) is 27.1 Å². The van der Waals surface area contributed by atoms with E-state index >= 15 is 0 Å². The van der Waals surface area contributed by atoms with Gasteiger partial charge in [-0.1, -0.05) is 45.7 Å². The molecule has 1 atom stereocenters. The molecule has 0 saturated heterocycles. The van der Waals surface area contributed by atoms with Crippen LogP contribution in [-0.4, -0.2) is 0 Å². The van der Waals surface area contributed by atoms with Gasteiger partial charge in [0, 0.05) is 10.6 Å². The number of hydrogen-bond donors (Lipinski definition) is 0. The first-order valence-corrected chi connectivity index (χ1v) is 7.23. The van der Waals surface area contributed by atoms with Crippen molar-refractivity contribution in [2.45, 2.75) is 18.0 Å². The van der Waals surface area contributed by atoms with Crippen LogP contribution in [0.25, 0.3) is 0 Å². The van der Waals surface area contributed by atoms with Crippen molar-refractivity contribution >= 4 is 27.5 Å². The molecule has 0 N–H and O–H groups in total. The van der Waals surface area contributed by atoms with Crippen LogP contribution in [0.15, 0.2) is 36.4 Å². The van der Waals surface area contributed by atoms with Crippen molar-refractivity contribution in [3.8, 4) is 0 Å². The first kappa shape index (κ1) is 13.1. The fourth-order valence-corrected chi connectivity index (χ4v) is 3.05. The maximum Gasteiger partial charge on any atom is 0.127 e. The molecule has 0 saturated carbocycles. The van der Waals surface area contributed by atoms with E-state index in [4.69, 9.17) is 16.3 Å². The van der Waals surface area contributed by atoms with E-state index in [1.807, 2.05) is 12.1 Å². The highest BCUT2D eigenvalue weighted by Gasteiger charge is 2.18. The summed E-state index contributed by atoms with van der Waals surface area (Å²) in [5.74, 6) is -0.261. The van der Waals surface area contributed by atoms with Gasteiger partial charge in [0.05, 0.1) is 18.0 Å². The third-order valence-corrected chi connectivity index (χ3v) is 4.53. The van der Waals surface area contributed by atoms with Gasteiger partial charge in [0.15, 0.2) is 0 Å². The Bertz CT molecular complexity index is 630. The molecule has 2 aromatic rings. The lowest BCUT2D eigenvalue weighted by molar-refractivity contribution is 0.134. The second kappa shape index (κ2) is 5.23. The Morgan fingerprint density at radius 2 is 1.89 bits per heavy atom. The fraction of sp³-hybridized carbons (Fsp3) is 0.200. The second-order valence-corrected chi connectivity index (χ2v) is 5.90. The van der Waals surface area contributed by atoms with Crippen LogP contribution in [0, 0.1) is 5.82 Å². The summed E-state index contributed by atoms with van der Waals surface area (Å²) in [4.78, 5) is -0.211. The first-order valence-electron chi connectivity index (χ1n) is 5.93. The highest BCUT2D eigenvalue weighted by Crippen LogP contribution is 2.35. The summed E-state index contributed by atoms with van der Waals surface area (Å²) in [7, 11) is 0. The Morgan fingerprint density at radius 3 is 2.74 bits per heavy atom. The first-order chi connectivity index (χ1) is 9.15. The molecule has 3 rings (SSSR count). The Labute approximate surface area is 124 Å². The zero-order valence-corrected chi connectivity index (χ0v) is 12.3.